The molecule has 0 atom stereocenters. The van der Waals surface area contributed by atoms with Gasteiger partial charge >= 0.3 is 0 Å². The van der Waals surface area contributed by atoms with Crippen molar-refractivity contribution in [3.05, 3.63) is 107 Å². The Morgan fingerprint density at radius 3 is 2.29 bits per heavy atom. The minimum atomic E-state index is 0.0200. The van der Waals surface area contributed by atoms with E-state index in [0.717, 1.165) is 17.6 Å². The van der Waals surface area contributed by atoms with E-state index in [-0.39, 0.29) is 5.91 Å². The monoisotopic (exact) mass is 315 g/mol. The molecule has 0 heterocycles. The SMILES string of the molecule is CC1=CC/C(=C\N(Cc2ccccc2)C(=O)c2ccccc2)C=C1. The molecule has 0 spiro atoms. The molecule has 0 N–H and O–H groups in total. The molecule has 120 valence electrons. The van der Waals surface area contributed by atoms with Gasteiger partial charge in [0, 0.05) is 11.8 Å². The van der Waals surface area contributed by atoms with Gasteiger partial charge in [0.25, 0.3) is 5.91 Å². The number of carbonyl (C=O) groups is 1. The summed E-state index contributed by atoms with van der Waals surface area (Å²) in [4.78, 5) is 14.7. The molecule has 0 aromatic heterocycles. The van der Waals surface area contributed by atoms with E-state index in [4.69, 9.17) is 0 Å². The highest BCUT2D eigenvalue weighted by Crippen LogP contribution is 2.18. The number of hydrogen-bond donors (Lipinski definition) is 0. The van der Waals surface area contributed by atoms with Crippen LogP contribution in [0.15, 0.2) is 96.2 Å². The summed E-state index contributed by atoms with van der Waals surface area (Å²) in [5.74, 6) is 0.0200. The van der Waals surface area contributed by atoms with Crippen molar-refractivity contribution in [2.75, 3.05) is 0 Å². The van der Waals surface area contributed by atoms with Crippen molar-refractivity contribution in [3.63, 3.8) is 0 Å². The summed E-state index contributed by atoms with van der Waals surface area (Å²) in [6.45, 7) is 2.65. The lowest BCUT2D eigenvalue weighted by Crippen LogP contribution is -2.26. The molecule has 1 aliphatic rings. The molecule has 2 nitrogen and oxygen atoms in total. The maximum absolute atomic E-state index is 12.9. The van der Waals surface area contributed by atoms with Gasteiger partial charge in [-0.2, -0.15) is 0 Å². The van der Waals surface area contributed by atoms with Crippen LogP contribution in [0.4, 0.5) is 0 Å². The lowest BCUT2D eigenvalue weighted by atomic mass is 10.0. The van der Waals surface area contributed by atoms with E-state index in [1.54, 1.807) is 4.90 Å². The normalized spacial score (nSPS) is 15.2. The van der Waals surface area contributed by atoms with Crippen molar-refractivity contribution in [2.45, 2.75) is 19.9 Å². The summed E-state index contributed by atoms with van der Waals surface area (Å²) in [6.07, 6.45) is 9.19. The third-order valence-corrected chi connectivity index (χ3v) is 4.02. The smallest absolute Gasteiger partial charge is 0.258 e. The van der Waals surface area contributed by atoms with Crippen molar-refractivity contribution in [1.29, 1.82) is 0 Å². The molecule has 0 radical (unpaired) electrons. The molecule has 24 heavy (non-hydrogen) atoms. The highest BCUT2D eigenvalue weighted by Gasteiger charge is 2.15. The van der Waals surface area contributed by atoms with Crippen molar-refractivity contribution in [3.8, 4) is 0 Å². The van der Waals surface area contributed by atoms with Crippen LogP contribution in [0, 0.1) is 0 Å². The van der Waals surface area contributed by atoms with Crippen LogP contribution in [0.2, 0.25) is 0 Å². The van der Waals surface area contributed by atoms with E-state index in [9.17, 15) is 4.79 Å². The summed E-state index contributed by atoms with van der Waals surface area (Å²) in [5, 5.41) is 0. The quantitative estimate of drug-likeness (QED) is 0.767. The average Bonchev–Trinajstić information content (AvgIpc) is 2.64. The largest absolute Gasteiger partial charge is 0.310 e. The number of nitrogens with zero attached hydrogens (tertiary/aromatic N) is 1. The molecule has 3 rings (SSSR count). The van der Waals surface area contributed by atoms with Gasteiger partial charge in [0.1, 0.15) is 0 Å². The van der Waals surface area contributed by atoms with Gasteiger partial charge in [0.05, 0.1) is 6.54 Å². The highest BCUT2D eigenvalue weighted by molar-refractivity contribution is 5.94. The maximum Gasteiger partial charge on any atom is 0.258 e. The number of benzene rings is 2. The second-order valence-electron chi connectivity index (χ2n) is 5.97. The summed E-state index contributed by atoms with van der Waals surface area (Å²) in [6, 6.07) is 19.5. The van der Waals surface area contributed by atoms with Crippen LogP contribution < -0.4 is 0 Å². The predicted molar refractivity (Wildman–Crippen MR) is 98.4 cm³/mol. The molecule has 1 amide bonds. The van der Waals surface area contributed by atoms with Gasteiger partial charge in [-0.3, -0.25) is 4.79 Å². The van der Waals surface area contributed by atoms with Gasteiger partial charge in [-0.15, -0.1) is 0 Å². The van der Waals surface area contributed by atoms with Crippen LogP contribution in [-0.2, 0) is 6.54 Å². The molecular formula is C22H21NO. The van der Waals surface area contributed by atoms with E-state index in [0.29, 0.717) is 12.1 Å². The van der Waals surface area contributed by atoms with E-state index in [1.165, 1.54) is 5.57 Å². The van der Waals surface area contributed by atoms with E-state index >= 15 is 0 Å². The van der Waals surface area contributed by atoms with Gasteiger partial charge in [0.2, 0.25) is 0 Å². The Morgan fingerprint density at radius 2 is 1.67 bits per heavy atom. The molecule has 0 saturated heterocycles. The zero-order valence-electron chi connectivity index (χ0n) is 13.9. The fourth-order valence-electron chi connectivity index (χ4n) is 2.65. The second-order valence-corrected chi connectivity index (χ2v) is 5.97. The van der Waals surface area contributed by atoms with Crippen LogP contribution in [-0.4, -0.2) is 10.8 Å². The van der Waals surface area contributed by atoms with Crippen LogP contribution in [0.25, 0.3) is 0 Å². The van der Waals surface area contributed by atoms with Crippen LogP contribution in [0.3, 0.4) is 0 Å². The topological polar surface area (TPSA) is 20.3 Å². The van der Waals surface area contributed by atoms with Crippen LogP contribution in [0.1, 0.15) is 29.3 Å². The first-order valence-corrected chi connectivity index (χ1v) is 8.18. The zero-order valence-corrected chi connectivity index (χ0v) is 13.9. The summed E-state index contributed by atoms with van der Waals surface area (Å²) < 4.78 is 0. The Balaban J connectivity index is 1.88. The molecular weight excluding hydrogens is 294 g/mol. The number of carbonyl (C=O) groups excluding carboxylic acids is 1. The molecule has 2 heteroatoms. The van der Waals surface area contributed by atoms with E-state index < -0.39 is 0 Å². The summed E-state index contributed by atoms with van der Waals surface area (Å²) >= 11 is 0. The lowest BCUT2D eigenvalue weighted by Gasteiger charge is -2.21. The third kappa shape index (κ3) is 4.11. The van der Waals surface area contributed by atoms with Gasteiger partial charge < -0.3 is 4.90 Å². The molecule has 2 aromatic rings. The molecule has 0 aliphatic heterocycles. The Labute approximate surface area is 143 Å². The molecule has 0 saturated carbocycles. The van der Waals surface area contributed by atoms with Crippen molar-refractivity contribution < 1.29 is 4.79 Å². The molecule has 0 bridgehead atoms. The predicted octanol–water partition coefficient (Wildman–Crippen LogP) is 5.12. The van der Waals surface area contributed by atoms with Crippen LogP contribution in [0.5, 0.6) is 0 Å². The molecule has 1 aliphatic carbocycles. The summed E-state index contributed by atoms with van der Waals surface area (Å²) in [7, 11) is 0. The van der Waals surface area contributed by atoms with Crippen molar-refractivity contribution in [2.24, 2.45) is 0 Å². The summed E-state index contributed by atoms with van der Waals surface area (Å²) in [5.41, 5.74) is 4.22. The third-order valence-electron chi connectivity index (χ3n) is 4.02. The first-order chi connectivity index (χ1) is 11.7. The zero-order chi connectivity index (χ0) is 16.8. The number of hydrogen-bond acceptors (Lipinski definition) is 1. The molecule has 2 aromatic carbocycles. The second kappa shape index (κ2) is 7.60. The van der Waals surface area contributed by atoms with E-state index in [2.05, 4.69) is 25.2 Å². The fraction of sp³-hybridized carbons (Fsp3) is 0.136. The van der Waals surface area contributed by atoms with Gasteiger partial charge in [-0.05, 0) is 36.6 Å². The van der Waals surface area contributed by atoms with Gasteiger partial charge in [-0.25, -0.2) is 0 Å². The first-order valence-electron chi connectivity index (χ1n) is 8.18. The maximum atomic E-state index is 12.9. The fourth-order valence-corrected chi connectivity index (χ4v) is 2.65. The standard InChI is InChI=1S/C22H21NO/c1-18-12-14-20(15-13-18)17-23(16-19-8-4-2-5-9-19)22(24)21-10-6-3-7-11-21/h2-14,17H,15-16H2,1H3/b20-17-. The minimum absolute atomic E-state index is 0.0200. The Bertz CT molecular complexity index is 785. The average molecular weight is 315 g/mol. The number of allylic oxidation sites excluding steroid dienone is 5. The minimum Gasteiger partial charge on any atom is -0.310 e. The molecule has 0 fully saturated rings. The van der Waals surface area contributed by atoms with Crippen LogP contribution >= 0.6 is 0 Å². The first kappa shape index (κ1) is 16.0. The van der Waals surface area contributed by atoms with E-state index in [1.807, 2.05) is 66.9 Å². The van der Waals surface area contributed by atoms with Gasteiger partial charge in [-0.1, -0.05) is 72.3 Å². The Hall–Kier alpha value is -2.87. The lowest BCUT2D eigenvalue weighted by molar-refractivity contribution is 0.0812. The highest BCUT2D eigenvalue weighted by atomic mass is 16.2. The Kier molecular flexibility index (Phi) is 5.07. The van der Waals surface area contributed by atoms with Crippen molar-refractivity contribution in [1.82, 2.24) is 4.90 Å². The number of rotatable bonds is 4. The van der Waals surface area contributed by atoms with Crippen molar-refractivity contribution >= 4 is 5.91 Å². The van der Waals surface area contributed by atoms with Gasteiger partial charge in [0.15, 0.2) is 0 Å². The number of amides is 1. The Morgan fingerprint density at radius 1 is 1.00 bits per heavy atom. The molecule has 0 unspecified atom stereocenters.